The van der Waals surface area contributed by atoms with E-state index >= 15 is 0 Å². The van der Waals surface area contributed by atoms with Crippen LogP contribution in [-0.4, -0.2) is 31.9 Å². The third-order valence-corrected chi connectivity index (χ3v) is 5.98. The molecule has 0 unspecified atom stereocenters. The highest BCUT2D eigenvalue weighted by molar-refractivity contribution is 7.92. The van der Waals surface area contributed by atoms with E-state index in [4.69, 9.17) is 9.84 Å². The van der Waals surface area contributed by atoms with Crippen molar-refractivity contribution in [2.75, 3.05) is 7.11 Å². The standard InChI is InChI=1S/C14H18O5S/c1-19-13-8-7-11(9-12(13)14(15)16)20(17,18)10-5-3-2-4-6-10/h7-10H,2-6H2,1H3,(H,15,16). The van der Waals surface area contributed by atoms with Gasteiger partial charge in [0.25, 0.3) is 0 Å². The molecule has 0 saturated heterocycles. The van der Waals surface area contributed by atoms with Gasteiger partial charge in [0.15, 0.2) is 9.84 Å². The Morgan fingerprint density at radius 3 is 2.45 bits per heavy atom. The number of hydrogen-bond donors (Lipinski definition) is 1. The van der Waals surface area contributed by atoms with E-state index in [9.17, 15) is 13.2 Å². The molecular formula is C14H18O5S. The van der Waals surface area contributed by atoms with Crippen LogP contribution in [0.5, 0.6) is 5.75 Å². The van der Waals surface area contributed by atoms with Crippen molar-refractivity contribution in [2.24, 2.45) is 0 Å². The molecule has 6 heteroatoms. The number of hydrogen-bond acceptors (Lipinski definition) is 4. The minimum absolute atomic E-state index is 0.0719. The Kier molecular flexibility index (Phi) is 4.32. The average Bonchev–Trinajstić information content (AvgIpc) is 2.47. The first-order valence-corrected chi connectivity index (χ1v) is 8.16. The van der Waals surface area contributed by atoms with Crippen LogP contribution in [0.4, 0.5) is 0 Å². The highest BCUT2D eigenvalue weighted by atomic mass is 32.2. The number of carboxylic acid groups (broad SMARTS) is 1. The number of sulfone groups is 1. The molecule has 1 saturated carbocycles. The summed E-state index contributed by atoms with van der Waals surface area (Å²) < 4.78 is 30.0. The van der Waals surface area contributed by atoms with Crippen LogP contribution in [0.15, 0.2) is 23.1 Å². The van der Waals surface area contributed by atoms with Gasteiger partial charge in [0.05, 0.1) is 17.3 Å². The van der Waals surface area contributed by atoms with Gasteiger partial charge >= 0.3 is 5.97 Å². The molecule has 1 N–H and O–H groups in total. The molecule has 0 aliphatic heterocycles. The summed E-state index contributed by atoms with van der Waals surface area (Å²) in [7, 11) is -2.10. The summed E-state index contributed by atoms with van der Waals surface area (Å²) in [6.45, 7) is 0. The number of aromatic carboxylic acids is 1. The highest BCUT2D eigenvalue weighted by Crippen LogP contribution is 2.30. The van der Waals surface area contributed by atoms with E-state index in [1.165, 1.54) is 25.3 Å². The Hall–Kier alpha value is -1.56. The molecule has 0 radical (unpaired) electrons. The number of methoxy groups -OCH3 is 1. The van der Waals surface area contributed by atoms with E-state index in [2.05, 4.69) is 0 Å². The molecule has 1 aromatic carbocycles. The van der Waals surface area contributed by atoms with Gasteiger partial charge < -0.3 is 9.84 Å². The van der Waals surface area contributed by atoms with Gasteiger partial charge in [0, 0.05) is 0 Å². The monoisotopic (exact) mass is 298 g/mol. The SMILES string of the molecule is COc1ccc(S(=O)(=O)C2CCCCC2)cc1C(=O)O. The van der Waals surface area contributed by atoms with E-state index < -0.39 is 21.1 Å². The molecule has 110 valence electrons. The van der Waals surface area contributed by atoms with Crippen molar-refractivity contribution in [1.29, 1.82) is 0 Å². The summed E-state index contributed by atoms with van der Waals surface area (Å²) in [4.78, 5) is 11.2. The molecule has 2 rings (SSSR count). The minimum atomic E-state index is -3.46. The van der Waals surface area contributed by atoms with E-state index in [0.717, 1.165) is 19.3 Å². The van der Waals surface area contributed by atoms with Crippen LogP contribution in [-0.2, 0) is 9.84 Å². The van der Waals surface area contributed by atoms with Crippen LogP contribution >= 0.6 is 0 Å². The largest absolute Gasteiger partial charge is 0.496 e. The predicted octanol–water partition coefficient (Wildman–Crippen LogP) is 2.50. The molecule has 1 aliphatic rings. The quantitative estimate of drug-likeness (QED) is 0.923. The molecule has 1 aliphatic carbocycles. The summed E-state index contributed by atoms with van der Waals surface area (Å²) in [5.41, 5.74) is -0.121. The summed E-state index contributed by atoms with van der Waals surface area (Å²) in [5, 5.41) is 8.73. The lowest BCUT2D eigenvalue weighted by atomic mass is 10.0. The second-order valence-corrected chi connectivity index (χ2v) is 7.20. The second kappa shape index (κ2) is 5.83. The van der Waals surface area contributed by atoms with Gasteiger partial charge in [-0.25, -0.2) is 13.2 Å². The number of ether oxygens (including phenoxy) is 1. The fraction of sp³-hybridized carbons (Fsp3) is 0.500. The van der Waals surface area contributed by atoms with Gasteiger partial charge in [-0.3, -0.25) is 0 Å². The van der Waals surface area contributed by atoms with Crippen molar-refractivity contribution in [3.63, 3.8) is 0 Å². The van der Waals surface area contributed by atoms with Gasteiger partial charge in [-0.15, -0.1) is 0 Å². The van der Waals surface area contributed by atoms with Crippen molar-refractivity contribution in [3.05, 3.63) is 23.8 Å². The van der Waals surface area contributed by atoms with Crippen molar-refractivity contribution in [2.45, 2.75) is 42.2 Å². The first-order chi connectivity index (χ1) is 9.46. The third kappa shape index (κ3) is 2.80. The van der Waals surface area contributed by atoms with Crippen molar-refractivity contribution in [1.82, 2.24) is 0 Å². The lowest BCUT2D eigenvalue weighted by Crippen LogP contribution is -2.24. The molecule has 0 bridgehead atoms. The molecule has 20 heavy (non-hydrogen) atoms. The molecule has 1 fully saturated rings. The first-order valence-electron chi connectivity index (χ1n) is 6.62. The third-order valence-electron chi connectivity index (χ3n) is 3.72. The maximum atomic E-state index is 12.5. The molecule has 0 heterocycles. The van der Waals surface area contributed by atoms with Crippen LogP contribution in [0, 0.1) is 0 Å². The zero-order chi connectivity index (χ0) is 14.8. The predicted molar refractivity (Wildman–Crippen MR) is 74.0 cm³/mol. The van der Waals surface area contributed by atoms with Crippen LogP contribution in [0.1, 0.15) is 42.5 Å². The highest BCUT2D eigenvalue weighted by Gasteiger charge is 2.30. The number of carbonyl (C=O) groups is 1. The van der Waals surface area contributed by atoms with E-state index in [-0.39, 0.29) is 16.2 Å². The number of carboxylic acids is 1. The van der Waals surface area contributed by atoms with Gasteiger partial charge in [-0.05, 0) is 31.0 Å². The molecule has 0 atom stereocenters. The number of benzene rings is 1. The Bertz CT molecular complexity index is 600. The lowest BCUT2D eigenvalue weighted by molar-refractivity contribution is 0.0693. The Morgan fingerprint density at radius 2 is 1.90 bits per heavy atom. The van der Waals surface area contributed by atoms with E-state index in [1.54, 1.807) is 0 Å². The van der Waals surface area contributed by atoms with Crippen LogP contribution in [0.25, 0.3) is 0 Å². The van der Waals surface area contributed by atoms with Crippen LogP contribution in [0.3, 0.4) is 0 Å². The molecule has 5 nitrogen and oxygen atoms in total. The van der Waals surface area contributed by atoms with Gasteiger partial charge in [-0.2, -0.15) is 0 Å². The molecule has 1 aromatic rings. The second-order valence-electron chi connectivity index (χ2n) is 4.97. The van der Waals surface area contributed by atoms with Crippen molar-refractivity contribution < 1.29 is 23.1 Å². The zero-order valence-electron chi connectivity index (χ0n) is 11.3. The normalized spacial score (nSPS) is 16.9. The van der Waals surface area contributed by atoms with E-state index in [1.807, 2.05) is 0 Å². The zero-order valence-corrected chi connectivity index (χ0v) is 12.1. The first kappa shape index (κ1) is 14.8. The summed E-state index contributed by atoms with van der Waals surface area (Å²) in [5.74, 6) is -1.03. The Balaban J connectivity index is 2.41. The van der Waals surface area contributed by atoms with Crippen molar-refractivity contribution >= 4 is 15.8 Å². The van der Waals surface area contributed by atoms with Crippen LogP contribution in [0.2, 0.25) is 0 Å². The molecular weight excluding hydrogens is 280 g/mol. The van der Waals surface area contributed by atoms with Gasteiger partial charge in [-0.1, -0.05) is 19.3 Å². The van der Waals surface area contributed by atoms with E-state index in [0.29, 0.717) is 12.8 Å². The molecule has 0 amide bonds. The minimum Gasteiger partial charge on any atom is -0.496 e. The van der Waals surface area contributed by atoms with Gasteiger partial charge in [0.2, 0.25) is 0 Å². The summed E-state index contributed by atoms with van der Waals surface area (Å²) in [6, 6.07) is 4.03. The van der Waals surface area contributed by atoms with Gasteiger partial charge in [0.1, 0.15) is 11.3 Å². The summed E-state index contributed by atoms with van der Waals surface area (Å²) in [6.07, 6.45) is 4.18. The summed E-state index contributed by atoms with van der Waals surface area (Å²) >= 11 is 0. The van der Waals surface area contributed by atoms with Crippen molar-refractivity contribution in [3.8, 4) is 5.75 Å². The smallest absolute Gasteiger partial charge is 0.339 e. The Morgan fingerprint density at radius 1 is 1.25 bits per heavy atom. The fourth-order valence-electron chi connectivity index (χ4n) is 2.60. The number of rotatable bonds is 4. The maximum absolute atomic E-state index is 12.5. The maximum Gasteiger partial charge on any atom is 0.339 e. The fourth-order valence-corrected chi connectivity index (χ4v) is 4.48. The molecule has 0 spiro atoms. The Labute approximate surface area is 118 Å². The van der Waals surface area contributed by atoms with Crippen LogP contribution < -0.4 is 4.74 Å². The molecule has 0 aromatic heterocycles. The topological polar surface area (TPSA) is 80.7 Å². The average molecular weight is 298 g/mol. The lowest BCUT2D eigenvalue weighted by Gasteiger charge is -2.22.